The number of urea groups is 1. The van der Waals surface area contributed by atoms with Crippen LogP contribution in [-0.2, 0) is 19.6 Å². The fourth-order valence-electron chi connectivity index (χ4n) is 2.69. The Kier molecular flexibility index (Phi) is 6.55. The lowest BCUT2D eigenvalue weighted by Gasteiger charge is -2.19. The summed E-state index contributed by atoms with van der Waals surface area (Å²) < 4.78 is 31.5. The van der Waals surface area contributed by atoms with Crippen molar-refractivity contribution in [2.24, 2.45) is 0 Å². The summed E-state index contributed by atoms with van der Waals surface area (Å²) in [5, 5.41) is 2.48. The Morgan fingerprint density at radius 1 is 1.26 bits per heavy atom. The SMILES string of the molecule is CCN(CC)S(=O)(=O)c1ccc(C)c(C(=O)OCC(=O)N2CCNC2=O)c1. The van der Waals surface area contributed by atoms with Crippen molar-refractivity contribution in [3.63, 3.8) is 0 Å². The summed E-state index contributed by atoms with van der Waals surface area (Å²) in [6.07, 6.45) is 0. The predicted octanol–water partition coefficient (Wildman–Crippen LogP) is 0.734. The third-order valence-corrected chi connectivity index (χ3v) is 6.30. The van der Waals surface area contributed by atoms with Crippen LogP contribution in [0.4, 0.5) is 4.79 Å². The molecule has 2 rings (SSSR count). The zero-order valence-electron chi connectivity index (χ0n) is 15.5. The average Bonchev–Trinajstić information content (AvgIpc) is 3.06. The van der Waals surface area contributed by atoms with Crippen LogP contribution in [0.15, 0.2) is 23.1 Å². The van der Waals surface area contributed by atoms with E-state index in [1.54, 1.807) is 20.8 Å². The lowest BCUT2D eigenvalue weighted by atomic mass is 10.1. The fraction of sp³-hybridized carbons (Fsp3) is 0.471. The molecular weight excluding hydrogens is 374 g/mol. The van der Waals surface area contributed by atoms with Crippen molar-refractivity contribution in [3.8, 4) is 0 Å². The van der Waals surface area contributed by atoms with Crippen molar-refractivity contribution in [1.29, 1.82) is 0 Å². The molecule has 27 heavy (non-hydrogen) atoms. The topological polar surface area (TPSA) is 113 Å². The molecule has 1 aromatic rings. The molecule has 1 fully saturated rings. The first-order valence-corrected chi connectivity index (χ1v) is 10.0. The van der Waals surface area contributed by atoms with Crippen LogP contribution in [0, 0.1) is 6.92 Å². The summed E-state index contributed by atoms with van der Waals surface area (Å²) >= 11 is 0. The smallest absolute Gasteiger partial charge is 0.338 e. The van der Waals surface area contributed by atoms with Crippen LogP contribution in [0.5, 0.6) is 0 Å². The molecule has 148 valence electrons. The number of imide groups is 1. The van der Waals surface area contributed by atoms with E-state index in [1.165, 1.54) is 22.5 Å². The molecular formula is C17H23N3O6S. The van der Waals surface area contributed by atoms with E-state index >= 15 is 0 Å². The molecule has 1 aromatic carbocycles. The Balaban J connectivity index is 2.16. The maximum Gasteiger partial charge on any atom is 0.338 e. The van der Waals surface area contributed by atoms with Gasteiger partial charge in [0.1, 0.15) is 0 Å². The Labute approximate surface area is 158 Å². The summed E-state index contributed by atoms with van der Waals surface area (Å²) in [7, 11) is -3.73. The maximum absolute atomic E-state index is 12.6. The molecule has 0 bridgehead atoms. The third kappa shape index (κ3) is 4.45. The van der Waals surface area contributed by atoms with E-state index in [0.29, 0.717) is 25.2 Å². The van der Waals surface area contributed by atoms with Gasteiger partial charge in [0.15, 0.2) is 6.61 Å². The number of aryl methyl sites for hydroxylation is 1. The summed E-state index contributed by atoms with van der Waals surface area (Å²) in [5.74, 6) is -1.46. The molecule has 0 spiro atoms. The number of nitrogens with one attached hydrogen (secondary N) is 1. The van der Waals surface area contributed by atoms with Crippen molar-refractivity contribution in [1.82, 2.24) is 14.5 Å². The van der Waals surface area contributed by atoms with Gasteiger partial charge >= 0.3 is 12.0 Å². The number of sulfonamides is 1. The van der Waals surface area contributed by atoms with Gasteiger partial charge in [0.05, 0.1) is 10.5 Å². The van der Waals surface area contributed by atoms with Gasteiger partial charge in [-0.1, -0.05) is 19.9 Å². The number of carbonyl (C=O) groups excluding carboxylic acids is 3. The van der Waals surface area contributed by atoms with Crippen LogP contribution in [0.2, 0.25) is 0 Å². The summed E-state index contributed by atoms with van der Waals surface area (Å²) in [6.45, 7) is 5.67. The molecule has 3 amide bonds. The lowest BCUT2D eigenvalue weighted by Crippen LogP contribution is -2.37. The van der Waals surface area contributed by atoms with E-state index in [9.17, 15) is 22.8 Å². The van der Waals surface area contributed by atoms with E-state index in [4.69, 9.17) is 4.74 Å². The standard InChI is InChI=1S/C17H23N3O6S/c1-4-19(5-2)27(24,25)13-7-6-12(3)14(10-13)16(22)26-11-15(21)20-9-8-18-17(20)23/h6-7,10H,4-5,8-9,11H2,1-3H3,(H,18,23). The molecule has 0 unspecified atom stereocenters. The first-order chi connectivity index (χ1) is 12.7. The van der Waals surface area contributed by atoms with Gasteiger partial charge < -0.3 is 10.1 Å². The van der Waals surface area contributed by atoms with E-state index in [0.717, 1.165) is 4.90 Å². The number of rotatable bonds is 7. The molecule has 9 nitrogen and oxygen atoms in total. The van der Waals surface area contributed by atoms with Gasteiger partial charge in [-0.05, 0) is 24.6 Å². The average molecular weight is 397 g/mol. The van der Waals surface area contributed by atoms with E-state index in [2.05, 4.69) is 5.32 Å². The quantitative estimate of drug-likeness (QED) is 0.679. The van der Waals surface area contributed by atoms with Crippen molar-refractivity contribution >= 4 is 27.9 Å². The highest BCUT2D eigenvalue weighted by molar-refractivity contribution is 7.89. The van der Waals surface area contributed by atoms with E-state index < -0.39 is 34.5 Å². The van der Waals surface area contributed by atoms with Gasteiger partial charge in [-0.2, -0.15) is 4.31 Å². The first kappa shape index (κ1) is 20.8. The zero-order valence-corrected chi connectivity index (χ0v) is 16.3. The maximum atomic E-state index is 12.6. The third-order valence-electron chi connectivity index (χ3n) is 4.26. The molecule has 0 aromatic heterocycles. The first-order valence-electron chi connectivity index (χ1n) is 8.58. The number of hydrogen-bond donors (Lipinski definition) is 1. The minimum absolute atomic E-state index is 0.0194. The molecule has 1 N–H and O–H groups in total. The number of amides is 3. The second-order valence-electron chi connectivity index (χ2n) is 5.92. The molecule has 0 radical (unpaired) electrons. The summed E-state index contributed by atoms with van der Waals surface area (Å²) in [4.78, 5) is 36.7. The van der Waals surface area contributed by atoms with Gasteiger partial charge in [-0.15, -0.1) is 0 Å². The summed E-state index contributed by atoms with van der Waals surface area (Å²) in [6, 6.07) is 3.67. The highest BCUT2D eigenvalue weighted by Gasteiger charge is 2.28. The second kappa shape index (κ2) is 8.49. The van der Waals surface area contributed by atoms with Crippen molar-refractivity contribution in [3.05, 3.63) is 29.3 Å². The van der Waals surface area contributed by atoms with Crippen LogP contribution in [-0.4, -0.2) is 68.3 Å². The van der Waals surface area contributed by atoms with Crippen molar-refractivity contribution in [2.75, 3.05) is 32.8 Å². The summed E-state index contributed by atoms with van der Waals surface area (Å²) in [5.41, 5.74) is 0.576. The molecule has 1 heterocycles. The largest absolute Gasteiger partial charge is 0.452 e. The minimum Gasteiger partial charge on any atom is -0.452 e. The van der Waals surface area contributed by atoms with Crippen LogP contribution in [0.1, 0.15) is 29.8 Å². The van der Waals surface area contributed by atoms with E-state index in [1.807, 2.05) is 0 Å². The number of carbonyl (C=O) groups is 3. The number of benzene rings is 1. The molecule has 1 aliphatic rings. The monoisotopic (exact) mass is 397 g/mol. The fourth-order valence-corrected chi connectivity index (χ4v) is 4.17. The molecule has 0 aliphatic carbocycles. The Hall–Kier alpha value is -2.46. The van der Waals surface area contributed by atoms with E-state index in [-0.39, 0.29) is 17.0 Å². The normalized spacial score (nSPS) is 14.4. The van der Waals surface area contributed by atoms with Gasteiger partial charge in [-0.3, -0.25) is 9.69 Å². The molecule has 10 heteroatoms. The van der Waals surface area contributed by atoms with Gasteiger partial charge in [0, 0.05) is 26.2 Å². The second-order valence-corrected chi connectivity index (χ2v) is 7.86. The molecule has 1 aliphatic heterocycles. The Bertz CT molecular complexity index is 848. The number of esters is 1. The van der Waals surface area contributed by atoms with Gasteiger partial charge in [0.2, 0.25) is 10.0 Å². The van der Waals surface area contributed by atoms with Crippen LogP contribution in [0.25, 0.3) is 0 Å². The number of ether oxygens (including phenoxy) is 1. The van der Waals surface area contributed by atoms with Crippen molar-refractivity contribution in [2.45, 2.75) is 25.7 Å². The van der Waals surface area contributed by atoms with Crippen LogP contribution >= 0.6 is 0 Å². The number of nitrogens with zero attached hydrogens (tertiary/aromatic N) is 2. The minimum atomic E-state index is -3.73. The zero-order chi connectivity index (χ0) is 20.2. The molecule has 0 atom stereocenters. The lowest BCUT2D eigenvalue weighted by molar-refractivity contribution is -0.130. The van der Waals surface area contributed by atoms with Crippen LogP contribution in [0.3, 0.4) is 0 Å². The molecule has 1 saturated heterocycles. The molecule has 0 saturated carbocycles. The van der Waals surface area contributed by atoms with Crippen molar-refractivity contribution < 1.29 is 27.5 Å². The highest BCUT2D eigenvalue weighted by Crippen LogP contribution is 2.20. The number of hydrogen-bond acceptors (Lipinski definition) is 6. The Morgan fingerprint density at radius 3 is 2.48 bits per heavy atom. The predicted molar refractivity (Wildman–Crippen MR) is 96.7 cm³/mol. The highest BCUT2D eigenvalue weighted by atomic mass is 32.2. The van der Waals surface area contributed by atoms with Gasteiger partial charge in [0.25, 0.3) is 5.91 Å². The Morgan fingerprint density at radius 2 is 1.93 bits per heavy atom. The van der Waals surface area contributed by atoms with Gasteiger partial charge in [-0.25, -0.2) is 18.0 Å². The van der Waals surface area contributed by atoms with Crippen LogP contribution < -0.4 is 5.32 Å².